The number of phenolic OH excluding ortho intramolecular Hbond substituents is 1. The first-order chi connectivity index (χ1) is 13.0. The maximum Gasteiger partial charge on any atom is 0.227 e. The van der Waals surface area contributed by atoms with Crippen molar-refractivity contribution in [3.8, 4) is 17.2 Å². The number of halogens is 2. The van der Waals surface area contributed by atoms with Crippen LogP contribution in [0.1, 0.15) is 11.1 Å². The standard InChI is InChI=1S/C21H14ClIN2O2/c1-12-7-14(20(26)17(23)8-12)11-24-16-5-6-19-18(10-16)25-21(27-19)13-3-2-4-15(22)9-13/h2-11,26H,1H3. The molecular formula is C21H14ClIN2O2. The van der Waals surface area contributed by atoms with Crippen LogP contribution in [0.15, 0.2) is 64.0 Å². The van der Waals surface area contributed by atoms with E-state index in [0.717, 1.165) is 20.4 Å². The molecule has 0 bridgehead atoms. The van der Waals surface area contributed by atoms with Crippen molar-refractivity contribution >= 4 is 57.2 Å². The van der Waals surface area contributed by atoms with Gasteiger partial charge >= 0.3 is 0 Å². The number of hydrogen-bond donors (Lipinski definition) is 1. The van der Waals surface area contributed by atoms with E-state index in [9.17, 15) is 5.11 Å². The van der Waals surface area contributed by atoms with E-state index in [4.69, 9.17) is 16.0 Å². The van der Waals surface area contributed by atoms with E-state index in [1.54, 1.807) is 6.21 Å². The maximum absolute atomic E-state index is 10.2. The average Bonchev–Trinajstić information content (AvgIpc) is 3.07. The predicted molar refractivity (Wildman–Crippen MR) is 117 cm³/mol. The summed E-state index contributed by atoms with van der Waals surface area (Å²) in [5.74, 6) is 0.746. The Morgan fingerprint density at radius 1 is 1.15 bits per heavy atom. The minimum Gasteiger partial charge on any atom is -0.506 e. The van der Waals surface area contributed by atoms with E-state index in [0.29, 0.717) is 27.6 Å². The molecule has 134 valence electrons. The fraction of sp³-hybridized carbons (Fsp3) is 0.0476. The number of phenols is 1. The molecule has 1 N–H and O–H groups in total. The molecule has 0 fully saturated rings. The van der Waals surface area contributed by atoms with Crippen molar-refractivity contribution in [1.82, 2.24) is 4.98 Å². The van der Waals surface area contributed by atoms with Gasteiger partial charge in [-0.1, -0.05) is 17.7 Å². The summed E-state index contributed by atoms with van der Waals surface area (Å²) in [7, 11) is 0. The predicted octanol–water partition coefficient (Wildman–Crippen LogP) is 6.52. The third-order valence-corrected chi connectivity index (χ3v) is 5.09. The molecule has 4 rings (SSSR count). The number of rotatable bonds is 3. The lowest BCUT2D eigenvalue weighted by Crippen LogP contribution is -1.87. The third-order valence-electron chi connectivity index (χ3n) is 4.03. The number of aromatic hydroxyl groups is 1. The Hall–Kier alpha value is -2.38. The van der Waals surface area contributed by atoms with Gasteiger partial charge in [0.2, 0.25) is 5.89 Å². The molecule has 1 heterocycles. The second-order valence-corrected chi connectivity index (χ2v) is 7.72. The number of hydrogen-bond acceptors (Lipinski definition) is 4. The molecule has 0 radical (unpaired) electrons. The van der Waals surface area contributed by atoms with Crippen LogP contribution < -0.4 is 0 Å². The lowest BCUT2D eigenvalue weighted by molar-refractivity contribution is 0.470. The van der Waals surface area contributed by atoms with Gasteiger partial charge in [0.1, 0.15) is 11.3 Å². The number of aryl methyl sites for hydroxylation is 1. The molecule has 1 aromatic heterocycles. The molecule has 27 heavy (non-hydrogen) atoms. The minimum absolute atomic E-state index is 0.232. The quantitative estimate of drug-likeness (QED) is 0.264. The fourth-order valence-corrected chi connectivity index (χ4v) is 3.74. The second-order valence-electron chi connectivity index (χ2n) is 6.12. The van der Waals surface area contributed by atoms with E-state index in [-0.39, 0.29) is 5.75 Å². The molecule has 0 atom stereocenters. The maximum atomic E-state index is 10.2. The number of oxazole rings is 1. The summed E-state index contributed by atoms with van der Waals surface area (Å²) in [4.78, 5) is 9.01. The van der Waals surface area contributed by atoms with Crippen LogP contribution in [0.4, 0.5) is 5.69 Å². The van der Waals surface area contributed by atoms with E-state index >= 15 is 0 Å². The molecule has 0 aliphatic rings. The Morgan fingerprint density at radius 3 is 2.81 bits per heavy atom. The Balaban J connectivity index is 1.68. The summed E-state index contributed by atoms with van der Waals surface area (Å²) >= 11 is 8.15. The van der Waals surface area contributed by atoms with Gasteiger partial charge in [0.25, 0.3) is 0 Å². The molecule has 4 nitrogen and oxygen atoms in total. The summed E-state index contributed by atoms with van der Waals surface area (Å²) < 4.78 is 6.61. The summed E-state index contributed by atoms with van der Waals surface area (Å²) in [6.07, 6.45) is 1.66. The number of nitrogens with zero attached hydrogens (tertiary/aromatic N) is 2. The van der Waals surface area contributed by atoms with Crippen LogP contribution >= 0.6 is 34.2 Å². The number of fused-ring (bicyclic) bond motifs is 1. The first-order valence-electron chi connectivity index (χ1n) is 8.19. The van der Waals surface area contributed by atoms with Gasteiger partial charge in [-0.15, -0.1) is 0 Å². The lowest BCUT2D eigenvalue weighted by Gasteiger charge is -2.03. The highest BCUT2D eigenvalue weighted by Crippen LogP contribution is 2.29. The SMILES string of the molecule is Cc1cc(I)c(O)c(C=Nc2ccc3oc(-c4cccc(Cl)c4)nc3c2)c1. The average molecular weight is 489 g/mol. The van der Waals surface area contributed by atoms with Gasteiger partial charge < -0.3 is 9.52 Å². The number of benzene rings is 3. The van der Waals surface area contributed by atoms with Crippen LogP contribution in [0.3, 0.4) is 0 Å². The van der Waals surface area contributed by atoms with E-state index in [1.165, 1.54) is 0 Å². The van der Waals surface area contributed by atoms with Gasteiger partial charge in [-0.25, -0.2) is 4.98 Å². The number of aliphatic imine (C=N–C) groups is 1. The lowest BCUT2D eigenvalue weighted by atomic mass is 10.1. The molecule has 4 aromatic rings. The van der Waals surface area contributed by atoms with Crippen molar-refractivity contribution in [2.75, 3.05) is 0 Å². The van der Waals surface area contributed by atoms with Crippen molar-refractivity contribution in [2.45, 2.75) is 6.92 Å². The summed E-state index contributed by atoms with van der Waals surface area (Å²) in [6, 6.07) is 16.7. The molecule has 0 amide bonds. The highest BCUT2D eigenvalue weighted by atomic mass is 127. The third kappa shape index (κ3) is 3.84. The van der Waals surface area contributed by atoms with Crippen molar-refractivity contribution in [3.63, 3.8) is 0 Å². The van der Waals surface area contributed by atoms with Crippen molar-refractivity contribution < 1.29 is 9.52 Å². The minimum atomic E-state index is 0.232. The highest BCUT2D eigenvalue weighted by Gasteiger charge is 2.09. The van der Waals surface area contributed by atoms with E-state index < -0.39 is 0 Å². The second kappa shape index (κ2) is 7.32. The first-order valence-corrected chi connectivity index (χ1v) is 9.65. The number of aromatic nitrogens is 1. The summed E-state index contributed by atoms with van der Waals surface area (Å²) in [5, 5.41) is 10.8. The molecule has 6 heteroatoms. The Bertz CT molecular complexity index is 1180. The zero-order chi connectivity index (χ0) is 19.0. The first kappa shape index (κ1) is 18.0. The smallest absolute Gasteiger partial charge is 0.227 e. The van der Waals surface area contributed by atoms with E-state index in [1.807, 2.05) is 61.5 Å². The van der Waals surface area contributed by atoms with Crippen LogP contribution in [0, 0.1) is 10.5 Å². The normalized spacial score (nSPS) is 11.5. The zero-order valence-electron chi connectivity index (χ0n) is 14.3. The van der Waals surface area contributed by atoms with Crippen molar-refractivity contribution in [3.05, 3.63) is 74.3 Å². The van der Waals surface area contributed by atoms with E-state index in [2.05, 4.69) is 32.6 Å². The van der Waals surface area contributed by atoms with Crippen LogP contribution in [-0.4, -0.2) is 16.3 Å². The summed E-state index contributed by atoms with van der Waals surface area (Å²) in [5.41, 5.74) is 4.68. The molecule has 0 unspecified atom stereocenters. The molecule has 0 saturated carbocycles. The van der Waals surface area contributed by atoms with Crippen LogP contribution in [0.2, 0.25) is 5.02 Å². The Kier molecular flexibility index (Phi) is 4.88. The monoisotopic (exact) mass is 488 g/mol. The topological polar surface area (TPSA) is 58.6 Å². The van der Waals surface area contributed by atoms with Gasteiger partial charge in [-0.05, 0) is 83.6 Å². The molecule has 0 spiro atoms. The van der Waals surface area contributed by atoms with Gasteiger partial charge in [0, 0.05) is 22.4 Å². The summed E-state index contributed by atoms with van der Waals surface area (Å²) in [6.45, 7) is 1.98. The highest BCUT2D eigenvalue weighted by molar-refractivity contribution is 14.1. The molecule has 0 saturated heterocycles. The zero-order valence-corrected chi connectivity index (χ0v) is 17.2. The van der Waals surface area contributed by atoms with Gasteiger partial charge in [-0.2, -0.15) is 0 Å². The fourth-order valence-electron chi connectivity index (χ4n) is 2.75. The Labute approximate surface area is 174 Å². The van der Waals surface area contributed by atoms with Gasteiger partial charge in [0.15, 0.2) is 5.58 Å². The van der Waals surface area contributed by atoms with Crippen LogP contribution in [-0.2, 0) is 0 Å². The molecule has 0 aliphatic carbocycles. The molecule has 3 aromatic carbocycles. The van der Waals surface area contributed by atoms with Gasteiger partial charge in [-0.3, -0.25) is 4.99 Å². The Morgan fingerprint density at radius 2 is 2.00 bits per heavy atom. The largest absolute Gasteiger partial charge is 0.506 e. The van der Waals surface area contributed by atoms with Crippen LogP contribution in [0.25, 0.3) is 22.6 Å². The van der Waals surface area contributed by atoms with Crippen LogP contribution in [0.5, 0.6) is 5.75 Å². The van der Waals surface area contributed by atoms with Crippen molar-refractivity contribution in [1.29, 1.82) is 0 Å². The van der Waals surface area contributed by atoms with Crippen molar-refractivity contribution in [2.24, 2.45) is 4.99 Å². The molecular weight excluding hydrogens is 475 g/mol. The molecule has 0 aliphatic heterocycles. The van der Waals surface area contributed by atoms with Gasteiger partial charge in [0.05, 0.1) is 9.26 Å².